The van der Waals surface area contributed by atoms with E-state index in [9.17, 15) is 9.59 Å². The van der Waals surface area contributed by atoms with Crippen molar-refractivity contribution < 1.29 is 9.59 Å². The molecule has 6 nitrogen and oxygen atoms in total. The largest absolute Gasteiger partial charge is 0.346 e. The van der Waals surface area contributed by atoms with Crippen molar-refractivity contribution in [2.24, 2.45) is 0 Å². The molecule has 2 N–H and O–H groups in total. The Morgan fingerprint density at radius 1 is 0.969 bits per heavy atom. The van der Waals surface area contributed by atoms with Crippen molar-refractivity contribution in [3.8, 4) is 0 Å². The average Bonchev–Trinajstić information content (AvgIpc) is 2.84. The number of hydrogen-bond acceptors (Lipinski definition) is 4. The molecule has 0 fully saturated rings. The normalized spacial score (nSPS) is 14.3. The molecule has 1 atom stereocenters. The zero-order chi connectivity index (χ0) is 22.3. The molecule has 1 aliphatic rings. The molecule has 32 heavy (non-hydrogen) atoms. The lowest BCUT2D eigenvalue weighted by Crippen LogP contribution is -2.45. The molecule has 2 amide bonds. The number of hydrogen-bond donors (Lipinski definition) is 2. The first kappa shape index (κ1) is 21.7. The van der Waals surface area contributed by atoms with E-state index in [-0.39, 0.29) is 6.04 Å². The van der Waals surface area contributed by atoms with E-state index in [2.05, 4.69) is 44.8 Å². The number of nitrogens with one attached hydrogen (secondary N) is 2. The molecular formula is C26H28N4O2. The second kappa shape index (κ2) is 10.2. The summed E-state index contributed by atoms with van der Waals surface area (Å²) >= 11 is 0. The third-order valence-electron chi connectivity index (χ3n) is 5.91. The lowest BCUT2D eigenvalue weighted by atomic mass is 9.97. The van der Waals surface area contributed by atoms with E-state index < -0.39 is 11.8 Å². The van der Waals surface area contributed by atoms with Crippen LogP contribution in [0.1, 0.15) is 33.9 Å². The summed E-state index contributed by atoms with van der Waals surface area (Å²) in [5.41, 5.74) is 5.80. The molecular weight excluding hydrogens is 400 g/mol. The van der Waals surface area contributed by atoms with Gasteiger partial charge in [-0.15, -0.1) is 0 Å². The fourth-order valence-corrected chi connectivity index (χ4v) is 4.05. The van der Waals surface area contributed by atoms with Gasteiger partial charge in [-0.3, -0.25) is 19.5 Å². The van der Waals surface area contributed by atoms with Crippen molar-refractivity contribution in [1.82, 2.24) is 20.5 Å². The molecule has 2 heterocycles. The van der Waals surface area contributed by atoms with Gasteiger partial charge >= 0.3 is 11.8 Å². The molecule has 0 bridgehead atoms. The Bertz CT molecular complexity index is 1070. The summed E-state index contributed by atoms with van der Waals surface area (Å²) in [6.07, 6.45) is 4.52. The van der Waals surface area contributed by atoms with Gasteiger partial charge < -0.3 is 10.6 Å². The van der Waals surface area contributed by atoms with Gasteiger partial charge in [-0.1, -0.05) is 60.2 Å². The van der Waals surface area contributed by atoms with Crippen LogP contribution in [0, 0.1) is 6.92 Å². The zero-order valence-electron chi connectivity index (χ0n) is 18.3. The molecule has 2 aromatic carbocycles. The molecule has 0 saturated heterocycles. The molecule has 164 valence electrons. The summed E-state index contributed by atoms with van der Waals surface area (Å²) in [6, 6.07) is 20.2. The highest BCUT2D eigenvalue weighted by atomic mass is 16.2. The molecule has 3 aromatic rings. The second-order valence-corrected chi connectivity index (χ2v) is 8.17. The Labute approximate surface area is 188 Å². The number of carbonyl (C=O) groups excluding carboxylic acids is 2. The Morgan fingerprint density at radius 3 is 2.47 bits per heavy atom. The Kier molecular flexibility index (Phi) is 6.92. The predicted molar refractivity (Wildman–Crippen MR) is 124 cm³/mol. The number of fused-ring (bicyclic) bond motifs is 1. The number of pyridine rings is 1. The van der Waals surface area contributed by atoms with Gasteiger partial charge in [-0.2, -0.15) is 0 Å². The SMILES string of the molecule is Cc1ccc(CNC(=O)C(=O)NCC(c2cccnc2)N2CCc3ccccc3C2)cc1. The zero-order valence-corrected chi connectivity index (χ0v) is 18.3. The Balaban J connectivity index is 1.39. The van der Waals surface area contributed by atoms with Crippen LogP contribution in [0.2, 0.25) is 0 Å². The van der Waals surface area contributed by atoms with Crippen LogP contribution in [-0.2, 0) is 29.1 Å². The molecule has 4 rings (SSSR count). The molecule has 0 spiro atoms. The highest BCUT2D eigenvalue weighted by molar-refractivity contribution is 6.35. The quantitative estimate of drug-likeness (QED) is 0.592. The van der Waals surface area contributed by atoms with Gasteiger partial charge in [0.05, 0.1) is 6.04 Å². The highest BCUT2D eigenvalue weighted by Crippen LogP contribution is 2.27. The maximum absolute atomic E-state index is 12.5. The number of benzene rings is 2. The van der Waals surface area contributed by atoms with Gasteiger partial charge in [0.25, 0.3) is 0 Å². The van der Waals surface area contributed by atoms with Gasteiger partial charge in [0.1, 0.15) is 0 Å². The standard InChI is InChI=1S/C26H28N4O2/c1-19-8-10-20(11-9-19)15-28-25(31)26(32)29-17-24(22-7-4-13-27-16-22)30-14-12-21-5-2-3-6-23(21)18-30/h2-11,13,16,24H,12,14-15,17-18H2,1H3,(H,28,31)(H,29,32). The Morgan fingerprint density at radius 2 is 1.72 bits per heavy atom. The Hall–Kier alpha value is -3.51. The minimum absolute atomic E-state index is 0.0640. The summed E-state index contributed by atoms with van der Waals surface area (Å²) in [5.74, 6) is -1.25. The minimum Gasteiger partial charge on any atom is -0.346 e. The van der Waals surface area contributed by atoms with E-state index in [4.69, 9.17) is 0 Å². The van der Waals surface area contributed by atoms with Gasteiger partial charge in [-0.05, 0) is 41.7 Å². The first-order valence-corrected chi connectivity index (χ1v) is 10.9. The van der Waals surface area contributed by atoms with E-state index in [1.165, 1.54) is 11.1 Å². The molecule has 1 aliphatic heterocycles. The molecule has 0 saturated carbocycles. The summed E-state index contributed by atoms with van der Waals surface area (Å²) in [6.45, 7) is 4.35. The van der Waals surface area contributed by atoms with Gasteiger partial charge in [0.15, 0.2) is 0 Å². The number of amides is 2. The van der Waals surface area contributed by atoms with Crippen LogP contribution in [-0.4, -0.2) is 34.8 Å². The predicted octanol–water partition coefficient (Wildman–Crippen LogP) is 2.92. The van der Waals surface area contributed by atoms with Crippen LogP contribution >= 0.6 is 0 Å². The van der Waals surface area contributed by atoms with Gasteiger partial charge in [-0.25, -0.2) is 0 Å². The monoisotopic (exact) mass is 428 g/mol. The number of rotatable bonds is 6. The third-order valence-corrected chi connectivity index (χ3v) is 5.91. The summed E-state index contributed by atoms with van der Waals surface area (Å²) < 4.78 is 0. The van der Waals surface area contributed by atoms with E-state index >= 15 is 0 Å². The van der Waals surface area contributed by atoms with Crippen LogP contribution in [0.5, 0.6) is 0 Å². The first-order valence-electron chi connectivity index (χ1n) is 10.9. The topological polar surface area (TPSA) is 74.3 Å². The van der Waals surface area contributed by atoms with Crippen molar-refractivity contribution in [3.63, 3.8) is 0 Å². The average molecular weight is 429 g/mol. The van der Waals surface area contributed by atoms with Crippen LogP contribution < -0.4 is 10.6 Å². The van der Waals surface area contributed by atoms with Crippen LogP contribution in [0.3, 0.4) is 0 Å². The highest BCUT2D eigenvalue weighted by Gasteiger charge is 2.26. The van der Waals surface area contributed by atoms with E-state index in [0.717, 1.165) is 36.2 Å². The van der Waals surface area contributed by atoms with Crippen molar-refractivity contribution in [1.29, 1.82) is 0 Å². The molecule has 6 heteroatoms. The summed E-state index contributed by atoms with van der Waals surface area (Å²) in [7, 11) is 0. The van der Waals surface area contributed by atoms with Crippen molar-refractivity contribution in [2.45, 2.75) is 32.5 Å². The van der Waals surface area contributed by atoms with Crippen molar-refractivity contribution in [2.75, 3.05) is 13.1 Å². The van der Waals surface area contributed by atoms with Crippen LogP contribution in [0.25, 0.3) is 0 Å². The maximum Gasteiger partial charge on any atom is 0.309 e. The molecule has 1 aromatic heterocycles. The van der Waals surface area contributed by atoms with E-state index in [1.807, 2.05) is 49.5 Å². The molecule has 0 aliphatic carbocycles. The lowest BCUT2D eigenvalue weighted by Gasteiger charge is -2.35. The molecule has 1 unspecified atom stereocenters. The number of aromatic nitrogens is 1. The fraction of sp³-hybridized carbons (Fsp3) is 0.269. The molecule has 0 radical (unpaired) electrons. The van der Waals surface area contributed by atoms with E-state index in [0.29, 0.717) is 13.1 Å². The summed E-state index contributed by atoms with van der Waals surface area (Å²) in [4.78, 5) is 31.4. The maximum atomic E-state index is 12.5. The number of carbonyl (C=O) groups is 2. The van der Waals surface area contributed by atoms with Crippen LogP contribution in [0.15, 0.2) is 73.1 Å². The second-order valence-electron chi connectivity index (χ2n) is 8.17. The smallest absolute Gasteiger partial charge is 0.309 e. The van der Waals surface area contributed by atoms with Gasteiger partial charge in [0.2, 0.25) is 0 Å². The van der Waals surface area contributed by atoms with Gasteiger partial charge in [0, 0.05) is 38.6 Å². The number of aryl methyl sites for hydroxylation is 1. The lowest BCUT2D eigenvalue weighted by molar-refractivity contribution is -0.139. The van der Waals surface area contributed by atoms with E-state index in [1.54, 1.807) is 6.20 Å². The van der Waals surface area contributed by atoms with Crippen molar-refractivity contribution in [3.05, 3.63) is 101 Å². The number of nitrogens with zero attached hydrogens (tertiary/aromatic N) is 2. The summed E-state index contributed by atoms with van der Waals surface area (Å²) in [5, 5.41) is 5.52. The third kappa shape index (κ3) is 5.39. The van der Waals surface area contributed by atoms with Crippen molar-refractivity contribution >= 4 is 11.8 Å². The van der Waals surface area contributed by atoms with Crippen LogP contribution in [0.4, 0.5) is 0 Å². The minimum atomic E-state index is -0.625. The fourth-order valence-electron chi connectivity index (χ4n) is 4.05. The first-order chi connectivity index (χ1) is 15.6.